The van der Waals surface area contributed by atoms with Crippen molar-refractivity contribution >= 4 is 28.9 Å². The number of benzene rings is 1. The summed E-state index contributed by atoms with van der Waals surface area (Å²) in [5.41, 5.74) is 6.45. The van der Waals surface area contributed by atoms with E-state index in [1.165, 1.54) is 29.0 Å². The Hall–Kier alpha value is -2.57. The Balaban J connectivity index is 1.76. The lowest BCUT2D eigenvalue weighted by atomic mass is 9.93. The molecule has 0 saturated heterocycles. The molecule has 142 valence electrons. The highest BCUT2D eigenvalue weighted by atomic mass is 16.3. The van der Waals surface area contributed by atoms with E-state index >= 15 is 0 Å². The highest BCUT2D eigenvalue weighted by Gasteiger charge is 2.27. The van der Waals surface area contributed by atoms with Crippen LogP contribution in [-0.4, -0.2) is 33.6 Å². The minimum atomic E-state index is -0.850. The number of aliphatic hydroxyl groups is 2. The molecule has 2 atom stereocenters. The number of hydrogen-bond donors (Lipinski definition) is 4. The van der Waals surface area contributed by atoms with Gasteiger partial charge in [0.2, 0.25) is 0 Å². The third-order valence-corrected chi connectivity index (χ3v) is 5.41. The Morgan fingerprint density at radius 3 is 2.63 bits per heavy atom. The smallest absolute Gasteiger partial charge is 0.256 e. The predicted molar refractivity (Wildman–Crippen MR) is 106 cm³/mol. The van der Waals surface area contributed by atoms with E-state index in [1.54, 1.807) is 19.9 Å². The Bertz CT molecular complexity index is 903. The number of fused-ring (bicyclic) bond motifs is 2. The lowest BCUT2D eigenvalue weighted by Crippen LogP contribution is -2.40. The number of amides is 1. The van der Waals surface area contributed by atoms with Crippen molar-refractivity contribution in [3.8, 4) is 0 Å². The molecule has 4 N–H and O–H groups in total. The zero-order valence-corrected chi connectivity index (χ0v) is 15.6. The summed E-state index contributed by atoms with van der Waals surface area (Å²) in [7, 11) is 0. The lowest BCUT2D eigenvalue weighted by molar-refractivity contribution is -0.110. The molecule has 1 aromatic heterocycles. The average Bonchev–Trinajstić information content (AvgIpc) is 3.16. The average molecular weight is 367 g/mol. The van der Waals surface area contributed by atoms with E-state index in [4.69, 9.17) is 0 Å². The number of hydrogen-bond acceptors (Lipinski definition) is 4. The highest BCUT2D eigenvalue weighted by Crippen LogP contribution is 2.37. The van der Waals surface area contributed by atoms with Crippen LogP contribution in [0.2, 0.25) is 0 Å². The number of H-pyrrole nitrogens is 1. The second kappa shape index (κ2) is 6.87. The zero-order valence-electron chi connectivity index (χ0n) is 15.6. The topological polar surface area (TPSA) is 88.6 Å². The van der Waals surface area contributed by atoms with Crippen LogP contribution in [-0.2, 0) is 17.6 Å². The zero-order chi connectivity index (χ0) is 19.1. The van der Waals surface area contributed by atoms with Crippen molar-refractivity contribution in [1.29, 1.82) is 0 Å². The van der Waals surface area contributed by atoms with Crippen molar-refractivity contribution < 1.29 is 15.0 Å². The van der Waals surface area contributed by atoms with Gasteiger partial charge < -0.3 is 25.4 Å². The third kappa shape index (κ3) is 3.15. The maximum absolute atomic E-state index is 12.6. The van der Waals surface area contributed by atoms with Gasteiger partial charge >= 0.3 is 0 Å². The fourth-order valence-electron chi connectivity index (χ4n) is 4.14. The quantitative estimate of drug-likeness (QED) is 0.494. The minimum absolute atomic E-state index is 0.131. The number of anilines is 2. The van der Waals surface area contributed by atoms with Crippen LogP contribution in [0.3, 0.4) is 0 Å². The van der Waals surface area contributed by atoms with Gasteiger partial charge in [-0.2, -0.15) is 0 Å². The molecule has 0 fully saturated rings. The molecule has 4 rings (SSSR count). The van der Waals surface area contributed by atoms with E-state index in [0.717, 1.165) is 29.7 Å². The van der Waals surface area contributed by atoms with Crippen LogP contribution in [0.15, 0.2) is 24.4 Å². The number of carbonyl (C=O) groups is 1. The summed E-state index contributed by atoms with van der Waals surface area (Å²) in [6, 6.07) is 5.45. The molecule has 1 amide bonds. The van der Waals surface area contributed by atoms with Crippen LogP contribution in [0.5, 0.6) is 0 Å². The molecular weight excluding hydrogens is 342 g/mol. The van der Waals surface area contributed by atoms with Crippen LogP contribution >= 0.6 is 0 Å². The molecule has 6 nitrogen and oxygen atoms in total. The number of aromatic nitrogens is 1. The summed E-state index contributed by atoms with van der Waals surface area (Å²) in [6.07, 6.45) is 6.69. The van der Waals surface area contributed by atoms with Crippen molar-refractivity contribution in [1.82, 2.24) is 4.98 Å². The number of aliphatic hydroxyl groups excluding tert-OH is 2. The second-order valence-corrected chi connectivity index (χ2v) is 7.32. The summed E-state index contributed by atoms with van der Waals surface area (Å²) in [5.74, 6) is -0.131. The van der Waals surface area contributed by atoms with Gasteiger partial charge in [-0.25, -0.2) is 0 Å². The highest BCUT2D eigenvalue weighted by molar-refractivity contribution is 6.35. The van der Waals surface area contributed by atoms with Crippen LogP contribution in [0.25, 0.3) is 11.6 Å². The molecule has 2 unspecified atom stereocenters. The maximum atomic E-state index is 12.6. The summed E-state index contributed by atoms with van der Waals surface area (Å²) in [4.78, 5) is 17.4. The summed E-state index contributed by atoms with van der Waals surface area (Å²) in [6.45, 7) is 3.21. The van der Waals surface area contributed by atoms with E-state index in [2.05, 4.69) is 10.3 Å². The molecule has 0 radical (unpaired) electrons. The number of aryl methyl sites for hydroxylation is 1. The van der Waals surface area contributed by atoms with Crippen molar-refractivity contribution in [3.63, 3.8) is 0 Å². The van der Waals surface area contributed by atoms with Crippen molar-refractivity contribution in [3.05, 3.63) is 46.8 Å². The molecule has 27 heavy (non-hydrogen) atoms. The monoisotopic (exact) mass is 367 g/mol. The molecule has 1 aliphatic heterocycles. The Kier molecular flexibility index (Phi) is 4.53. The van der Waals surface area contributed by atoms with Crippen LogP contribution in [0.1, 0.15) is 49.1 Å². The molecule has 2 aliphatic rings. The molecule has 0 bridgehead atoms. The Morgan fingerprint density at radius 1 is 1.15 bits per heavy atom. The van der Waals surface area contributed by atoms with Gasteiger partial charge in [-0.15, -0.1) is 0 Å². The van der Waals surface area contributed by atoms with Gasteiger partial charge in [0.1, 0.15) is 12.5 Å². The van der Waals surface area contributed by atoms with Gasteiger partial charge in [-0.1, -0.05) is 0 Å². The number of rotatable bonds is 4. The van der Waals surface area contributed by atoms with E-state index in [1.807, 2.05) is 24.4 Å². The van der Waals surface area contributed by atoms with Crippen LogP contribution < -0.4 is 10.2 Å². The molecule has 1 aromatic carbocycles. The first-order valence-electron chi connectivity index (χ1n) is 9.47. The van der Waals surface area contributed by atoms with E-state index < -0.39 is 12.5 Å². The molecule has 6 heteroatoms. The van der Waals surface area contributed by atoms with E-state index in [-0.39, 0.29) is 5.91 Å². The lowest BCUT2D eigenvalue weighted by Gasteiger charge is -2.30. The third-order valence-electron chi connectivity index (χ3n) is 5.41. The van der Waals surface area contributed by atoms with Gasteiger partial charge in [-0.05, 0) is 74.9 Å². The maximum Gasteiger partial charge on any atom is 0.256 e. The Morgan fingerprint density at radius 2 is 1.89 bits per heavy atom. The first-order valence-corrected chi connectivity index (χ1v) is 9.47. The van der Waals surface area contributed by atoms with Gasteiger partial charge in [0.25, 0.3) is 5.91 Å². The first kappa shape index (κ1) is 17.8. The fourth-order valence-corrected chi connectivity index (χ4v) is 4.14. The molecule has 1 aliphatic carbocycles. The fraction of sp³-hybridized carbons (Fsp3) is 0.381. The summed E-state index contributed by atoms with van der Waals surface area (Å²) >= 11 is 0. The Labute approximate surface area is 158 Å². The van der Waals surface area contributed by atoms with Crippen LogP contribution in [0.4, 0.5) is 11.4 Å². The van der Waals surface area contributed by atoms with Crippen molar-refractivity contribution in [2.24, 2.45) is 0 Å². The number of nitrogens with zero attached hydrogens (tertiary/aromatic N) is 1. The summed E-state index contributed by atoms with van der Waals surface area (Å²) in [5, 5.41) is 22.9. The van der Waals surface area contributed by atoms with Gasteiger partial charge in [0.15, 0.2) is 0 Å². The molecule has 2 heterocycles. The molecule has 0 spiro atoms. The number of carbonyl (C=O) groups excluding carboxylic acids is 1. The van der Waals surface area contributed by atoms with E-state index in [0.29, 0.717) is 11.3 Å². The molecular formula is C21H25N3O3. The predicted octanol–water partition coefficient (Wildman–Crippen LogP) is 2.87. The van der Waals surface area contributed by atoms with Crippen molar-refractivity contribution in [2.45, 2.75) is 52.0 Å². The standard InChI is InChI=1S/C21H25N3O3/c1-12(25)24(13(2)26)15-7-8-20-17(10-15)18(21(27)23-20)9-14-11-22-19-6-4-3-5-16(14)19/h7-13,22,25-26H,3-6H2,1-2H3,(H,23,27). The van der Waals surface area contributed by atoms with Gasteiger partial charge in [0.05, 0.1) is 0 Å². The number of aromatic amines is 1. The van der Waals surface area contributed by atoms with Gasteiger partial charge in [-0.3, -0.25) is 4.79 Å². The normalized spacial score (nSPS) is 19.4. The largest absolute Gasteiger partial charge is 0.374 e. The second-order valence-electron chi connectivity index (χ2n) is 7.32. The molecule has 2 aromatic rings. The first-order chi connectivity index (χ1) is 13.0. The molecule has 0 saturated carbocycles. The van der Waals surface area contributed by atoms with Crippen LogP contribution in [0, 0.1) is 0 Å². The van der Waals surface area contributed by atoms with Crippen molar-refractivity contribution in [2.75, 3.05) is 10.2 Å². The van der Waals surface area contributed by atoms with Gasteiger partial charge in [0, 0.05) is 34.4 Å². The van der Waals surface area contributed by atoms with E-state index in [9.17, 15) is 15.0 Å². The minimum Gasteiger partial charge on any atom is -0.374 e. The SMILES string of the molecule is CC(O)N(c1ccc2c(c1)C(=Cc1c[nH]c3c1CCCC3)C(=O)N2)C(C)O. The summed E-state index contributed by atoms with van der Waals surface area (Å²) < 4.78 is 0. The number of nitrogens with one attached hydrogen (secondary N) is 2.